The Kier molecular flexibility index (Phi) is 3.43. The maximum atomic E-state index is 4.74. The minimum atomic E-state index is 0.653. The fourth-order valence-electron chi connectivity index (χ4n) is 3.50. The van der Waals surface area contributed by atoms with Crippen LogP contribution in [0.1, 0.15) is 31.5 Å². The smallest absolute Gasteiger partial charge is 0.123 e. The Morgan fingerprint density at radius 2 is 1.90 bits per heavy atom. The summed E-state index contributed by atoms with van der Waals surface area (Å²) in [6, 6.07) is 9.94. The first-order valence-electron chi connectivity index (χ1n) is 8.19. The highest BCUT2D eigenvalue weighted by atomic mass is 15.2. The van der Waals surface area contributed by atoms with E-state index in [0.29, 0.717) is 6.04 Å². The van der Waals surface area contributed by atoms with Crippen molar-refractivity contribution < 1.29 is 0 Å². The standard InChI is InChI=1S/C17H24N4/c1-20-16-5-3-2-4-15(16)19-17(20)12-18-13-8-10-21(11-9-13)14-6-7-14/h2-5,13-14,18H,6-12H2,1H3. The van der Waals surface area contributed by atoms with Gasteiger partial charge in [-0.05, 0) is 50.9 Å². The van der Waals surface area contributed by atoms with Gasteiger partial charge in [0.2, 0.25) is 0 Å². The molecule has 1 saturated heterocycles. The Morgan fingerprint density at radius 1 is 1.14 bits per heavy atom. The molecule has 0 unspecified atom stereocenters. The minimum absolute atomic E-state index is 0.653. The van der Waals surface area contributed by atoms with Gasteiger partial charge in [0.15, 0.2) is 0 Å². The van der Waals surface area contributed by atoms with Gasteiger partial charge in [0.25, 0.3) is 0 Å². The molecule has 1 aliphatic heterocycles. The molecular formula is C17H24N4. The van der Waals surface area contributed by atoms with E-state index in [-0.39, 0.29) is 0 Å². The molecule has 2 fully saturated rings. The summed E-state index contributed by atoms with van der Waals surface area (Å²) >= 11 is 0. The SMILES string of the molecule is Cn1c(CNC2CCN(C3CC3)CC2)nc2ccccc21. The van der Waals surface area contributed by atoms with Gasteiger partial charge in [-0.3, -0.25) is 0 Å². The average molecular weight is 284 g/mol. The van der Waals surface area contributed by atoms with Crippen molar-refractivity contribution in [1.29, 1.82) is 0 Å². The number of imidazole rings is 1. The van der Waals surface area contributed by atoms with Gasteiger partial charge in [-0.25, -0.2) is 4.98 Å². The van der Waals surface area contributed by atoms with E-state index < -0.39 is 0 Å². The van der Waals surface area contributed by atoms with Gasteiger partial charge in [-0.15, -0.1) is 0 Å². The van der Waals surface area contributed by atoms with Crippen molar-refractivity contribution >= 4 is 11.0 Å². The van der Waals surface area contributed by atoms with E-state index in [9.17, 15) is 0 Å². The third-order valence-corrected chi connectivity index (χ3v) is 5.02. The summed E-state index contributed by atoms with van der Waals surface area (Å²) in [5, 5.41) is 3.71. The van der Waals surface area contributed by atoms with Crippen LogP contribution in [0, 0.1) is 0 Å². The first kappa shape index (κ1) is 13.3. The number of fused-ring (bicyclic) bond motifs is 1. The van der Waals surface area contributed by atoms with E-state index in [2.05, 4.69) is 46.1 Å². The number of aromatic nitrogens is 2. The molecule has 0 amide bonds. The lowest BCUT2D eigenvalue weighted by molar-refractivity contribution is 0.188. The predicted octanol–water partition coefficient (Wildman–Crippen LogP) is 2.29. The number of hydrogen-bond donors (Lipinski definition) is 1. The largest absolute Gasteiger partial charge is 0.330 e. The molecule has 2 heterocycles. The van der Waals surface area contributed by atoms with Gasteiger partial charge in [-0.1, -0.05) is 12.1 Å². The van der Waals surface area contributed by atoms with Gasteiger partial charge < -0.3 is 14.8 Å². The Hall–Kier alpha value is -1.39. The molecule has 4 heteroatoms. The minimum Gasteiger partial charge on any atom is -0.330 e. The van der Waals surface area contributed by atoms with E-state index in [1.54, 1.807) is 0 Å². The number of hydrogen-bond acceptors (Lipinski definition) is 3. The van der Waals surface area contributed by atoms with Crippen LogP contribution in [-0.4, -0.2) is 39.6 Å². The molecule has 2 aliphatic rings. The van der Waals surface area contributed by atoms with Crippen LogP contribution < -0.4 is 5.32 Å². The zero-order chi connectivity index (χ0) is 14.2. The second-order valence-corrected chi connectivity index (χ2v) is 6.50. The molecule has 0 bridgehead atoms. The Bertz CT molecular complexity index is 621. The number of rotatable bonds is 4. The van der Waals surface area contributed by atoms with Crippen molar-refractivity contribution in [1.82, 2.24) is 19.8 Å². The van der Waals surface area contributed by atoms with Crippen LogP contribution in [0.3, 0.4) is 0 Å². The van der Waals surface area contributed by atoms with E-state index >= 15 is 0 Å². The van der Waals surface area contributed by atoms with Gasteiger partial charge in [0.05, 0.1) is 17.6 Å². The second kappa shape index (κ2) is 5.43. The zero-order valence-electron chi connectivity index (χ0n) is 12.8. The fourth-order valence-corrected chi connectivity index (χ4v) is 3.50. The molecule has 0 spiro atoms. The van der Waals surface area contributed by atoms with Crippen molar-refractivity contribution in [3.8, 4) is 0 Å². The molecule has 112 valence electrons. The highest BCUT2D eigenvalue weighted by Crippen LogP contribution is 2.29. The summed E-state index contributed by atoms with van der Waals surface area (Å²) < 4.78 is 2.21. The van der Waals surface area contributed by atoms with E-state index in [0.717, 1.165) is 23.9 Å². The van der Waals surface area contributed by atoms with Crippen LogP contribution in [0.4, 0.5) is 0 Å². The lowest BCUT2D eigenvalue weighted by atomic mass is 10.0. The summed E-state index contributed by atoms with van der Waals surface area (Å²) in [5.41, 5.74) is 2.32. The van der Waals surface area contributed by atoms with Crippen LogP contribution >= 0.6 is 0 Å². The van der Waals surface area contributed by atoms with Gasteiger partial charge in [-0.2, -0.15) is 0 Å². The van der Waals surface area contributed by atoms with Gasteiger partial charge in [0, 0.05) is 19.1 Å². The summed E-state index contributed by atoms with van der Waals surface area (Å²) in [5.74, 6) is 1.14. The van der Waals surface area contributed by atoms with Crippen LogP contribution in [0.25, 0.3) is 11.0 Å². The predicted molar refractivity (Wildman–Crippen MR) is 85.2 cm³/mol. The first-order valence-corrected chi connectivity index (χ1v) is 8.19. The third kappa shape index (κ3) is 2.70. The maximum absolute atomic E-state index is 4.74. The van der Waals surface area contributed by atoms with Gasteiger partial charge in [0.1, 0.15) is 5.82 Å². The van der Waals surface area contributed by atoms with Crippen LogP contribution in [0.15, 0.2) is 24.3 Å². The number of nitrogens with one attached hydrogen (secondary N) is 1. The summed E-state index contributed by atoms with van der Waals surface area (Å²) in [6.45, 7) is 3.41. The summed E-state index contributed by atoms with van der Waals surface area (Å²) in [4.78, 5) is 7.41. The van der Waals surface area contributed by atoms with E-state index in [4.69, 9.17) is 4.98 Å². The summed E-state index contributed by atoms with van der Waals surface area (Å²) in [7, 11) is 2.11. The zero-order valence-corrected chi connectivity index (χ0v) is 12.8. The Balaban J connectivity index is 1.36. The number of aryl methyl sites for hydroxylation is 1. The van der Waals surface area contributed by atoms with Crippen molar-refractivity contribution in [2.75, 3.05) is 13.1 Å². The van der Waals surface area contributed by atoms with Crippen LogP contribution in [0.2, 0.25) is 0 Å². The topological polar surface area (TPSA) is 33.1 Å². The molecule has 1 aliphatic carbocycles. The second-order valence-electron chi connectivity index (χ2n) is 6.50. The highest BCUT2D eigenvalue weighted by Gasteiger charge is 2.31. The number of piperidine rings is 1. The fraction of sp³-hybridized carbons (Fsp3) is 0.588. The highest BCUT2D eigenvalue weighted by molar-refractivity contribution is 5.75. The van der Waals surface area contributed by atoms with Crippen LogP contribution in [-0.2, 0) is 13.6 Å². The average Bonchev–Trinajstić information content (AvgIpc) is 3.32. The van der Waals surface area contributed by atoms with Crippen molar-refractivity contribution in [3.05, 3.63) is 30.1 Å². The molecule has 0 radical (unpaired) electrons. The number of nitrogens with zero attached hydrogens (tertiary/aromatic N) is 3. The molecule has 21 heavy (non-hydrogen) atoms. The number of para-hydroxylation sites is 2. The number of likely N-dealkylation sites (tertiary alicyclic amines) is 1. The molecular weight excluding hydrogens is 260 g/mol. The van der Waals surface area contributed by atoms with Crippen molar-refractivity contribution in [2.24, 2.45) is 7.05 Å². The molecule has 4 nitrogen and oxygen atoms in total. The molecule has 1 aromatic carbocycles. The van der Waals surface area contributed by atoms with Crippen LogP contribution in [0.5, 0.6) is 0 Å². The number of benzene rings is 1. The Labute approximate surface area is 126 Å². The molecule has 2 aromatic rings. The lowest BCUT2D eigenvalue weighted by Crippen LogP contribution is -2.43. The molecule has 1 saturated carbocycles. The van der Waals surface area contributed by atoms with Crippen molar-refractivity contribution in [2.45, 2.75) is 44.3 Å². The molecule has 1 aromatic heterocycles. The maximum Gasteiger partial charge on any atom is 0.123 e. The van der Waals surface area contributed by atoms with Crippen molar-refractivity contribution in [3.63, 3.8) is 0 Å². The molecule has 1 N–H and O–H groups in total. The molecule has 4 rings (SSSR count). The lowest BCUT2D eigenvalue weighted by Gasteiger charge is -2.32. The normalized spacial score (nSPS) is 21.2. The molecule has 0 atom stereocenters. The van der Waals surface area contributed by atoms with E-state index in [1.165, 1.54) is 44.3 Å². The summed E-state index contributed by atoms with van der Waals surface area (Å²) in [6.07, 6.45) is 5.41. The third-order valence-electron chi connectivity index (χ3n) is 5.02. The Morgan fingerprint density at radius 3 is 2.62 bits per heavy atom. The monoisotopic (exact) mass is 284 g/mol. The quantitative estimate of drug-likeness (QED) is 0.935. The van der Waals surface area contributed by atoms with Gasteiger partial charge >= 0.3 is 0 Å². The van der Waals surface area contributed by atoms with E-state index in [1.807, 2.05) is 0 Å². The first-order chi connectivity index (χ1) is 10.3.